The molecule has 0 saturated carbocycles. The minimum absolute atomic E-state index is 0.145. The zero-order chi connectivity index (χ0) is 29.2. The van der Waals surface area contributed by atoms with Crippen LogP contribution in [0.15, 0.2) is 41.5 Å². The fourth-order valence-corrected chi connectivity index (χ4v) is 4.33. The summed E-state index contributed by atoms with van der Waals surface area (Å²) >= 11 is 12.0. The molecule has 0 aromatic heterocycles. The number of nitrogens with zero attached hydrogens (tertiary/aromatic N) is 1. The Morgan fingerprint density at radius 2 is 1.55 bits per heavy atom. The molecule has 2 amide bonds. The predicted molar refractivity (Wildman–Crippen MR) is 160 cm³/mol. The highest BCUT2D eigenvalue weighted by Crippen LogP contribution is 2.30. The average Bonchev–Trinajstić information content (AvgIpc) is 2.92. The van der Waals surface area contributed by atoms with Gasteiger partial charge in [-0.15, -0.1) is 0 Å². The summed E-state index contributed by atoms with van der Waals surface area (Å²) in [5.74, 6) is -0.717. The Kier molecular flexibility index (Phi) is 15.8. The van der Waals surface area contributed by atoms with E-state index in [4.69, 9.17) is 32.7 Å². The normalized spacial score (nSPS) is 10.9. The van der Waals surface area contributed by atoms with Crippen molar-refractivity contribution in [1.82, 2.24) is 10.7 Å². The lowest BCUT2D eigenvalue weighted by Gasteiger charge is -2.12. The van der Waals surface area contributed by atoms with Gasteiger partial charge in [-0.05, 0) is 55.3 Å². The largest absolute Gasteiger partial charge is 0.490 e. The second kappa shape index (κ2) is 19.1. The summed E-state index contributed by atoms with van der Waals surface area (Å²) in [6, 6.07) is 9.32. The SMILES string of the molecule is CCCCCCCCCCCC(=O)NCC(=O)N/N=C/c1ccc(OC(=O)c2ccc(Cl)cc2Cl)c(OCC)c1. The van der Waals surface area contributed by atoms with E-state index in [1.54, 1.807) is 31.2 Å². The molecule has 0 spiro atoms. The van der Waals surface area contributed by atoms with Crippen LogP contribution in [-0.2, 0) is 9.59 Å². The molecule has 0 aliphatic heterocycles. The van der Waals surface area contributed by atoms with Crippen molar-refractivity contribution in [2.24, 2.45) is 5.10 Å². The number of ether oxygens (including phenoxy) is 2. The molecule has 0 unspecified atom stereocenters. The molecule has 8 nitrogen and oxygen atoms in total. The van der Waals surface area contributed by atoms with E-state index in [1.165, 1.54) is 56.9 Å². The first-order chi connectivity index (χ1) is 19.3. The minimum Gasteiger partial charge on any atom is -0.490 e. The lowest BCUT2D eigenvalue weighted by Crippen LogP contribution is -2.34. The first-order valence-corrected chi connectivity index (χ1v) is 14.6. The van der Waals surface area contributed by atoms with E-state index in [0.29, 0.717) is 29.4 Å². The number of hydrazone groups is 1. The molecule has 2 aromatic carbocycles. The van der Waals surface area contributed by atoms with E-state index in [1.807, 2.05) is 0 Å². The zero-order valence-electron chi connectivity index (χ0n) is 23.3. The van der Waals surface area contributed by atoms with Gasteiger partial charge in [0.1, 0.15) is 0 Å². The van der Waals surface area contributed by atoms with Crippen LogP contribution in [-0.4, -0.2) is 37.1 Å². The number of esters is 1. The number of nitrogens with one attached hydrogen (secondary N) is 2. The maximum absolute atomic E-state index is 12.6. The molecule has 0 atom stereocenters. The molecule has 0 radical (unpaired) electrons. The Balaban J connectivity index is 1.75. The quantitative estimate of drug-likeness (QED) is 0.0632. The number of benzene rings is 2. The van der Waals surface area contributed by atoms with Crippen LogP contribution in [0, 0.1) is 0 Å². The molecule has 0 saturated heterocycles. The topological polar surface area (TPSA) is 106 Å². The van der Waals surface area contributed by atoms with Crippen LogP contribution in [0.3, 0.4) is 0 Å². The molecule has 0 bridgehead atoms. The van der Waals surface area contributed by atoms with Crippen LogP contribution in [0.5, 0.6) is 11.5 Å². The number of unbranched alkanes of at least 4 members (excludes halogenated alkanes) is 8. The van der Waals surface area contributed by atoms with Gasteiger partial charge in [0.05, 0.1) is 30.0 Å². The maximum atomic E-state index is 12.6. The van der Waals surface area contributed by atoms with Crippen LogP contribution in [0.4, 0.5) is 0 Å². The number of halogens is 2. The fourth-order valence-electron chi connectivity index (χ4n) is 3.85. The zero-order valence-corrected chi connectivity index (χ0v) is 24.8. The molecule has 2 rings (SSSR count). The second-order valence-corrected chi connectivity index (χ2v) is 10.1. The van der Waals surface area contributed by atoms with Crippen molar-refractivity contribution in [1.29, 1.82) is 0 Å². The molecular weight excluding hydrogens is 553 g/mol. The number of carbonyl (C=O) groups excluding carboxylic acids is 3. The summed E-state index contributed by atoms with van der Waals surface area (Å²) < 4.78 is 11.1. The Morgan fingerprint density at radius 1 is 0.850 bits per heavy atom. The number of rotatable bonds is 18. The number of hydrogen-bond acceptors (Lipinski definition) is 6. The van der Waals surface area contributed by atoms with Gasteiger partial charge >= 0.3 is 5.97 Å². The lowest BCUT2D eigenvalue weighted by molar-refractivity contribution is -0.126. The summed E-state index contributed by atoms with van der Waals surface area (Å²) in [6.45, 7) is 4.19. The van der Waals surface area contributed by atoms with Crippen LogP contribution in [0.25, 0.3) is 0 Å². The average molecular weight is 593 g/mol. The number of amides is 2. The van der Waals surface area contributed by atoms with E-state index in [0.717, 1.165) is 19.3 Å². The smallest absolute Gasteiger partial charge is 0.345 e. The molecule has 40 heavy (non-hydrogen) atoms. The lowest BCUT2D eigenvalue weighted by atomic mass is 10.1. The van der Waals surface area contributed by atoms with Gasteiger partial charge in [-0.25, -0.2) is 10.2 Å². The van der Waals surface area contributed by atoms with Gasteiger partial charge < -0.3 is 14.8 Å². The third kappa shape index (κ3) is 12.8. The van der Waals surface area contributed by atoms with E-state index >= 15 is 0 Å². The van der Waals surface area contributed by atoms with Crippen molar-refractivity contribution < 1.29 is 23.9 Å². The standard InChI is InChI=1S/C30H39Cl2N3O5/c1-3-5-6-7-8-9-10-11-12-13-28(36)33-21-29(37)35-34-20-22-14-17-26(27(18-22)39-4-2)40-30(38)24-16-15-23(31)19-25(24)32/h14-20H,3-13,21H2,1-2H3,(H,33,36)(H,35,37)/b34-20+. The van der Waals surface area contributed by atoms with Gasteiger partial charge in [-0.1, -0.05) is 81.5 Å². The highest BCUT2D eigenvalue weighted by atomic mass is 35.5. The molecule has 0 aliphatic carbocycles. The maximum Gasteiger partial charge on any atom is 0.345 e. The van der Waals surface area contributed by atoms with E-state index in [9.17, 15) is 14.4 Å². The molecule has 0 heterocycles. The summed E-state index contributed by atoms with van der Waals surface area (Å²) in [6.07, 6.45) is 12.5. The predicted octanol–water partition coefficient (Wildman–Crippen LogP) is 7.10. The van der Waals surface area contributed by atoms with Crippen LogP contribution >= 0.6 is 23.2 Å². The highest BCUT2D eigenvalue weighted by molar-refractivity contribution is 6.36. The molecule has 218 valence electrons. The Labute approximate surface area is 246 Å². The summed E-state index contributed by atoms with van der Waals surface area (Å²) in [4.78, 5) is 36.6. The minimum atomic E-state index is -0.656. The van der Waals surface area contributed by atoms with E-state index in [-0.39, 0.29) is 28.8 Å². The van der Waals surface area contributed by atoms with Gasteiger partial charge in [0.25, 0.3) is 5.91 Å². The van der Waals surface area contributed by atoms with Gasteiger partial charge in [0.15, 0.2) is 11.5 Å². The van der Waals surface area contributed by atoms with Crippen LogP contribution < -0.4 is 20.2 Å². The summed E-state index contributed by atoms with van der Waals surface area (Å²) in [5.41, 5.74) is 3.15. The van der Waals surface area contributed by atoms with Crippen molar-refractivity contribution in [3.63, 3.8) is 0 Å². The van der Waals surface area contributed by atoms with Crippen molar-refractivity contribution in [2.75, 3.05) is 13.2 Å². The first-order valence-electron chi connectivity index (χ1n) is 13.9. The molecule has 0 aliphatic rings. The van der Waals surface area contributed by atoms with Gasteiger partial charge in [0.2, 0.25) is 5.91 Å². The first kappa shape index (κ1) is 33.1. The van der Waals surface area contributed by atoms with Gasteiger partial charge in [-0.2, -0.15) is 5.10 Å². The van der Waals surface area contributed by atoms with E-state index in [2.05, 4.69) is 22.8 Å². The van der Waals surface area contributed by atoms with Crippen LogP contribution in [0.1, 0.15) is 94.0 Å². The molecule has 0 fully saturated rings. The monoisotopic (exact) mass is 591 g/mol. The Morgan fingerprint density at radius 3 is 2.23 bits per heavy atom. The number of hydrogen-bond donors (Lipinski definition) is 2. The highest BCUT2D eigenvalue weighted by Gasteiger charge is 2.16. The fraction of sp³-hybridized carbons (Fsp3) is 0.467. The van der Waals surface area contributed by atoms with Crippen molar-refractivity contribution >= 4 is 47.2 Å². The Hall–Kier alpha value is -3.10. The molecule has 2 N–H and O–H groups in total. The van der Waals surface area contributed by atoms with Crippen LogP contribution in [0.2, 0.25) is 10.0 Å². The third-order valence-corrected chi connectivity index (χ3v) is 6.53. The van der Waals surface area contributed by atoms with Gasteiger partial charge in [0, 0.05) is 11.4 Å². The third-order valence-electron chi connectivity index (χ3n) is 5.98. The van der Waals surface area contributed by atoms with Gasteiger partial charge in [-0.3, -0.25) is 9.59 Å². The Bertz CT molecular complexity index is 1140. The molecule has 2 aromatic rings. The molecule has 10 heteroatoms. The summed E-state index contributed by atoms with van der Waals surface area (Å²) in [5, 5.41) is 7.13. The van der Waals surface area contributed by atoms with Crippen molar-refractivity contribution in [3.8, 4) is 11.5 Å². The second-order valence-electron chi connectivity index (χ2n) is 9.30. The van der Waals surface area contributed by atoms with E-state index < -0.39 is 11.9 Å². The molecular formula is C30H39Cl2N3O5. The number of carbonyl (C=O) groups is 3. The summed E-state index contributed by atoms with van der Waals surface area (Å²) in [7, 11) is 0. The van der Waals surface area contributed by atoms with Crippen molar-refractivity contribution in [3.05, 3.63) is 57.6 Å². The van der Waals surface area contributed by atoms with Crippen molar-refractivity contribution in [2.45, 2.75) is 78.1 Å².